The second kappa shape index (κ2) is 6.04. The van der Waals surface area contributed by atoms with Crippen molar-refractivity contribution in [3.63, 3.8) is 0 Å². The average molecular weight is 297 g/mol. The first-order chi connectivity index (χ1) is 9.36. The van der Waals surface area contributed by atoms with Crippen LogP contribution in [0.5, 0.6) is 5.75 Å². The summed E-state index contributed by atoms with van der Waals surface area (Å²) < 4.78 is 29.1. The predicted octanol–water partition coefficient (Wildman–Crippen LogP) is 2.85. The van der Waals surface area contributed by atoms with E-state index in [-0.39, 0.29) is 17.4 Å². The molecular formula is C15H23NO3S. The molecule has 0 spiro atoms. The summed E-state index contributed by atoms with van der Waals surface area (Å²) in [7, 11) is -2.98. The number of ether oxygens (including phenoxy) is 1. The molecule has 20 heavy (non-hydrogen) atoms. The Morgan fingerprint density at radius 2 is 1.85 bits per heavy atom. The van der Waals surface area contributed by atoms with Crippen molar-refractivity contribution in [2.45, 2.75) is 50.5 Å². The van der Waals surface area contributed by atoms with Crippen molar-refractivity contribution in [1.82, 2.24) is 0 Å². The maximum absolute atomic E-state index is 11.7. The van der Waals surface area contributed by atoms with Crippen LogP contribution < -0.4 is 10.1 Å². The highest BCUT2D eigenvalue weighted by Gasteiger charge is 2.34. The first-order valence-electron chi connectivity index (χ1n) is 7.08. The van der Waals surface area contributed by atoms with E-state index in [1.54, 1.807) is 0 Å². The number of sulfone groups is 1. The van der Waals surface area contributed by atoms with Gasteiger partial charge in [0.15, 0.2) is 9.84 Å². The number of hydrogen-bond donors (Lipinski definition) is 1. The van der Waals surface area contributed by atoms with Crippen LogP contribution in [0.25, 0.3) is 0 Å². The molecule has 0 bridgehead atoms. The third-order valence-electron chi connectivity index (χ3n) is 3.58. The van der Waals surface area contributed by atoms with Crippen molar-refractivity contribution in [2.24, 2.45) is 0 Å². The standard InChI is InChI=1S/C15H23NO3S/c1-11(2)19-13-9-7-12(8-10-13)16-14-5-4-6-15(14)20(3,17)18/h7-11,14-16H,4-6H2,1-3H3. The van der Waals surface area contributed by atoms with Gasteiger partial charge in [-0.15, -0.1) is 0 Å². The zero-order valence-corrected chi connectivity index (χ0v) is 13.1. The van der Waals surface area contributed by atoms with Crippen LogP contribution in [0, 0.1) is 0 Å². The first-order valence-corrected chi connectivity index (χ1v) is 9.04. The van der Waals surface area contributed by atoms with Crippen LogP contribution in [0.4, 0.5) is 5.69 Å². The van der Waals surface area contributed by atoms with Gasteiger partial charge in [-0.2, -0.15) is 0 Å². The molecule has 1 aromatic rings. The normalized spacial score (nSPS) is 23.0. The second-order valence-electron chi connectivity index (χ2n) is 5.74. The van der Waals surface area contributed by atoms with Crippen molar-refractivity contribution in [1.29, 1.82) is 0 Å². The molecule has 0 aliphatic heterocycles. The van der Waals surface area contributed by atoms with Crippen LogP contribution in [-0.4, -0.2) is 32.1 Å². The molecule has 112 valence electrons. The minimum atomic E-state index is -2.98. The highest BCUT2D eigenvalue weighted by molar-refractivity contribution is 7.91. The van der Waals surface area contributed by atoms with Crippen molar-refractivity contribution in [3.8, 4) is 5.75 Å². The number of benzene rings is 1. The number of anilines is 1. The number of hydrogen-bond acceptors (Lipinski definition) is 4. The number of rotatable bonds is 5. The van der Waals surface area contributed by atoms with E-state index in [4.69, 9.17) is 4.74 Å². The molecule has 5 heteroatoms. The molecule has 0 heterocycles. The minimum Gasteiger partial charge on any atom is -0.491 e. The summed E-state index contributed by atoms with van der Waals surface area (Å²) in [6, 6.07) is 7.71. The fourth-order valence-electron chi connectivity index (χ4n) is 2.72. The number of nitrogens with one attached hydrogen (secondary N) is 1. The fraction of sp³-hybridized carbons (Fsp3) is 0.600. The van der Waals surface area contributed by atoms with E-state index in [1.807, 2.05) is 38.1 Å². The average Bonchev–Trinajstić information content (AvgIpc) is 2.79. The monoisotopic (exact) mass is 297 g/mol. The van der Waals surface area contributed by atoms with Gasteiger partial charge in [0, 0.05) is 18.0 Å². The summed E-state index contributed by atoms with van der Waals surface area (Å²) in [5.74, 6) is 0.830. The summed E-state index contributed by atoms with van der Waals surface area (Å²) >= 11 is 0. The Kier molecular flexibility index (Phi) is 4.58. The van der Waals surface area contributed by atoms with Crippen LogP contribution in [0.3, 0.4) is 0 Å². The second-order valence-corrected chi connectivity index (χ2v) is 8.01. The summed E-state index contributed by atoms with van der Waals surface area (Å²) in [6.45, 7) is 3.97. The largest absolute Gasteiger partial charge is 0.491 e. The predicted molar refractivity (Wildman–Crippen MR) is 82.1 cm³/mol. The van der Waals surface area contributed by atoms with Crippen LogP contribution >= 0.6 is 0 Å². The molecule has 0 saturated heterocycles. The molecule has 0 radical (unpaired) electrons. The molecule has 2 rings (SSSR count). The lowest BCUT2D eigenvalue weighted by atomic mass is 10.2. The van der Waals surface area contributed by atoms with E-state index in [2.05, 4.69) is 5.32 Å². The topological polar surface area (TPSA) is 55.4 Å². The van der Waals surface area contributed by atoms with Gasteiger partial charge in [0.2, 0.25) is 0 Å². The molecule has 4 nitrogen and oxygen atoms in total. The Morgan fingerprint density at radius 3 is 2.40 bits per heavy atom. The van der Waals surface area contributed by atoms with Gasteiger partial charge in [0.05, 0.1) is 11.4 Å². The summed E-state index contributed by atoms with van der Waals surface area (Å²) in [5, 5.41) is 3.07. The molecule has 1 N–H and O–H groups in total. The molecule has 0 aromatic heterocycles. The highest BCUT2D eigenvalue weighted by atomic mass is 32.2. The lowest BCUT2D eigenvalue weighted by Crippen LogP contribution is -2.34. The van der Waals surface area contributed by atoms with Crippen LogP contribution in [0.1, 0.15) is 33.1 Å². The van der Waals surface area contributed by atoms with E-state index >= 15 is 0 Å². The molecule has 1 saturated carbocycles. The highest BCUT2D eigenvalue weighted by Crippen LogP contribution is 2.28. The summed E-state index contributed by atoms with van der Waals surface area (Å²) in [4.78, 5) is 0. The van der Waals surface area contributed by atoms with E-state index in [0.29, 0.717) is 0 Å². The third-order valence-corrected chi connectivity index (χ3v) is 5.24. The van der Waals surface area contributed by atoms with Crippen LogP contribution in [0.2, 0.25) is 0 Å². The smallest absolute Gasteiger partial charge is 0.152 e. The Labute approximate surface area is 121 Å². The maximum Gasteiger partial charge on any atom is 0.152 e. The fourth-order valence-corrected chi connectivity index (χ4v) is 4.12. The summed E-state index contributed by atoms with van der Waals surface area (Å²) in [6.07, 6.45) is 4.10. The molecular weight excluding hydrogens is 274 g/mol. The Hall–Kier alpha value is -1.23. The zero-order chi connectivity index (χ0) is 14.8. The molecule has 1 aliphatic rings. The Balaban J connectivity index is 2.03. The Bertz CT molecular complexity index is 537. The Morgan fingerprint density at radius 1 is 1.20 bits per heavy atom. The van der Waals surface area contributed by atoms with Gasteiger partial charge in [-0.3, -0.25) is 0 Å². The van der Waals surface area contributed by atoms with E-state index < -0.39 is 9.84 Å². The maximum atomic E-state index is 11.7. The first kappa shape index (κ1) is 15.2. The van der Waals surface area contributed by atoms with Gasteiger partial charge in [-0.1, -0.05) is 0 Å². The molecule has 1 aromatic carbocycles. The van der Waals surface area contributed by atoms with Gasteiger partial charge in [0.25, 0.3) is 0 Å². The van der Waals surface area contributed by atoms with Crippen molar-refractivity contribution in [2.75, 3.05) is 11.6 Å². The SMILES string of the molecule is CC(C)Oc1ccc(NC2CCCC2S(C)(=O)=O)cc1. The van der Waals surface area contributed by atoms with Crippen LogP contribution in [-0.2, 0) is 9.84 Å². The molecule has 1 fully saturated rings. The van der Waals surface area contributed by atoms with E-state index in [0.717, 1.165) is 30.7 Å². The van der Waals surface area contributed by atoms with Gasteiger partial charge >= 0.3 is 0 Å². The van der Waals surface area contributed by atoms with Crippen molar-refractivity contribution < 1.29 is 13.2 Å². The van der Waals surface area contributed by atoms with Gasteiger partial charge in [-0.05, 0) is 57.4 Å². The van der Waals surface area contributed by atoms with Gasteiger partial charge < -0.3 is 10.1 Å². The molecule has 2 unspecified atom stereocenters. The van der Waals surface area contributed by atoms with E-state index in [1.165, 1.54) is 6.26 Å². The van der Waals surface area contributed by atoms with E-state index in [9.17, 15) is 8.42 Å². The minimum absolute atomic E-state index is 0.0156. The van der Waals surface area contributed by atoms with Crippen LogP contribution in [0.15, 0.2) is 24.3 Å². The zero-order valence-electron chi connectivity index (χ0n) is 12.3. The quantitative estimate of drug-likeness (QED) is 0.908. The summed E-state index contributed by atoms with van der Waals surface area (Å²) in [5.41, 5.74) is 0.946. The third kappa shape index (κ3) is 3.88. The molecule has 1 aliphatic carbocycles. The lowest BCUT2D eigenvalue weighted by Gasteiger charge is -2.21. The molecule has 2 atom stereocenters. The van der Waals surface area contributed by atoms with Crippen molar-refractivity contribution >= 4 is 15.5 Å². The lowest BCUT2D eigenvalue weighted by molar-refractivity contribution is 0.242. The van der Waals surface area contributed by atoms with Crippen molar-refractivity contribution in [3.05, 3.63) is 24.3 Å². The van der Waals surface area contributed by atoms with Gasteiger partial charge in [-0.25, -0.2) is 8.42 Å². The molecule has 0 amide bonds. The van der Waals surface area contributed by atoms with Gasteiger partial charge in [0.1, 0.15) is 5.75 Å².